The number of aliphatic hydroxyl groups is 1. The van der Waals surface area contributed by atoms with Gasteiger partial charge >= 0.3 is 0 Å². The highest BCUT2D eigenvalue weighted by Crippen LogP contribution is 2.14. The summed E-state index contributed by atoms with van der Waals surface area (Å²) in [5.41, 5.74) is -0.544. The molecule has 0 spiro atoms. The summed E-state index contributed by atoms with van der Waals surface area (Å²) < 4.78 is 0. The van der Waals surface area contributed by atoms with Gasteiger partial charge in [-0.3, -0.25) is 0 Å². The summed E-state index contributed by atoms with van der Waals surface area (Å²) in [6, 6.07) is 0.669. The molecular weight excluding hydrogens is 176 g/mol. The number of likely N-dealkylation sites (tertiary alicyclic amines) is 1. The minimum atomic E-state index is -0.544. The number of nitrogens with zero attached hydrogens (tertiary/aromatic N) is 1. The van der Waals surface area contributed by atoms with Crippen molar-refractivity contribution in [2.75, 3.05) is 26.7 Å². The number of rotatable bonds is 5. The molecule has 3 nitrogen and oxygen atoms in total. The van der Waals surface area contributed by atoms with Crippen molar-refractivity contribution in [1.29, 1.82) is 0 Å². The van der Waals surface area contributed by atoms with Crippen molar-refractivity contribution in [3.05, 3.63) is 0 Å². The second kappa shape index (κ2) is 5.10. The Hall–Kier alpha value is -0.120. The molecule has 14 heavy (non-hydrogen) atoms. The van der Waals surface area contributed by atoms with Crippen molar-refractivity contribution in [3.63, 3.8) is 0 Å². The van der Waals surface area contributed by atoms with Crippen LogP contribution in [-0.2, 0) is 0 Å². The van der Waals surface area contributed by atoms with Crippen LogP contribution in [0.25, 0.3) is 0 Å². The van der Waals surface area contributed by atoms with E-state index < -0.39 is 5.60 Å². The lowest BCUT2D eigenvalue weighted by atomic mass is 10.0. The molecule has 1 saturated heterocycles. The third-order valence-electron chi connectivity index (χ3n) is 3.32. The van der Waals surface area contributed by atoms with E-state index in [0.717, 1.165) is 13.0 Å². The SMILES string of the molecule is CCC(C)(O)CNCC1CCCN1C. The molecule has 0 bridgehead atoms. The molecule has 0 radical (unpaired) electrons. The molecule has 0 aliphatic carbocycles. The zero-order valence-corrected chi connectivity index (χ0v) is 9.71. The maximum absolute atomic E-state index is 9.79. The first kappa shape index (κ1) is 12.0. The number of hydrogen-bond acceptors (Lipinski definition) is 3. The topological polar surface area (TPSA) is 35.5 Å². The Labute approximate surface area is 87.5 Å². The first-order valence-electron chi connectivity index (χ1n) is 5.68. The average Bonchev–Trinajstić information content (AvgIpc) is 2.52. The van der Waals surface area contributed by atoms with Crippen LogP contribution in [0, 0.1) is 0 Å². The van der Waals surface area contributed by atoms with Gasteiger partial charge in [-0.15, -0.1) is 0 Å². The van der Waals surface area contributed by atoms with E-state index in [1.165, 1.54) is 19.4 Å². The van der Waals surface area contributed by atoms with Crippen molar-refractivity contribution >= 4 is 0 Å². The summed E-state index contributed by atoms with van der Waals surface area (Å²) in [7, 11) is 2.18. The summed E-state index contributed by atoms with van der Waals surface area (Å²) in [4.78, 5) is 2.40. The van der Waals surface area contributed by atoms with Crippen molar-refractivity contribution < 1.29 is 5.11 Å². The van der Waals surface area contributed by atoms with E-state index in [1.54, 1.807) is 0 Å². The molecule has 0 saturated carbocycles. The van der Waals surface area contributed by atoms with E-state index in [9.17, 15) is 5.11 Å². The largest absolute Gasteiger partial charge is 0.389 e. The fraction of sp³-hybridized carbons (Fsp3) is 1.00. The van der Waals surface area contributed by atoms with E-state index in [4.69, 9.17) is 0 Å². The highest BCUT2D eigenvalue weighted by atomic mass is 16.3. The maximum Gasteiger partial charge on any atom is 0.0741 e. The molecule has 0 aromatic rings. The Morgan fingerprint density at radius 1 is 1.57 bits per heavy atom. The molecule has 1 aliphatic rings. The molecule has 1 aliphatic heterocycles. The van der Waals surface area contributed by atoms with Crippen LogP contribution in [0.2, 0.25) is 0 Å². The molecule has 0 aromatic carbocycles. The van der Waals surface area contributed by atoms with Crippen molar-refractivity contribution in [3.8, 4) is 0 Å². The van der Waals surface area contributed by atoms with Gasteiger partial charge in [-0.05, 0) is 39.8 Å². The summed E-state index contributed by atoms with van der Waals surface area (Å²) in [6.45, 7) is 6.83. The van der Waals surface area contributed by atoms with Gasteiger partial charge in [0.1, 0.15) is 0 Å². The van der Waals surface area contributed by atoms with Crippen molar-refractivity contribution in [2.24, 2.45) is 0 Å². The standard InChI is InChI=1S/C11H24N2O/c1-4-11(2,14)9-12-8-10-6-5-7-13(10)3/h10,12,14H,4-9H2,1-3H3. The van der Waals surface area contributed by atoms with Crippen LogP contribution >= 0.6 is 0 Å². The predicted molar refractivity (Wildman–Crippen MR) is 59.4 cm³/mol. The van der Waals surface area contributed by atoms with Gasteiger partial charge in [-0.25, -0.2) is 0 Å². The lowest BCUT2D eigenvalue weighted by Gasteiger charge is -2.25. The fourth-order valence-electron chi connectivity index (χ4n) is 1.87. The zero-order valence-electron chi connectivity index (χ0n) is 9.71. The van der Waals surface area contributed by atoms with E-state index in [2.05, 4.69) is 17.3 Å². The Kier molecular flexibility index (Phi) is 4.35. The van der Waals surface area contributed by atoms with E-state index >= 15 is 0 Å². The van der Waals surface area contributed by atoms with E-state index in [0.29, 0.717) is 12.6 Å². The third kappa shape index (κ3) is 3.56. The average molecular weight is 200 g/mol. The number of nitrogens with one attached hydrogen (secondary N) is 1. The lowest BCUT2D eigenvalue weighted by molar-refractivity contribution is 0.0545. The predicted octanol–water partition coefficient (Wildman–Crippen LogP) is 0.831. The Morgan fingerprint density at radius 3 is 2.79 bits per heavy atom. The van der Waals surface area contributed by atoms with Gasteiger partial charge in [0.15, 0.2) is 0 Å². The molecular formula is C11H24N2O. The monoisotopic (exact) mass is 200 g/mol. The molecule has 3 heteroatoms. The number of hydrogen-bond donors (Lipinski definition) is 2. The van der Waals surface area contributed by atoms with Gasteiger partial charge in [0.2, 0.25) is 0 Å². The number of likely N-dealkylation sites (N-methyl/N-ethyl adjacent to an activating group) is 1. The second-order valence-electron chi connectivity index (χ2n) is 4.76. The Morgan fingerprint density at radius 2 is 2.29 bits per heavy atom. The second-order valence-corrected chi connectivity index (χ2v) is 4.76. The quantitative estimate of drug-likeness (QED) is 0.690. The molecule has 2 atom stereocenters. The minimum Gasteiger partial charge on any atom is -0.389 e. The van der Waals surface area contributed by atoms with Crippen LogP contribution in [0.4, 0.5) is 0 Å². The third-order valence-corrected chi connectivity index (χ3v) is 3.32. The molecule has 1 rings (SSSR count). The lowest BCUT2D eigenvalue weighted by Crippen LogP contribution is -2.42. The molecule has 84 valence electrons. The van der Waals surface area contributed by atoms with Gasteiger partial charge < -0.3 is 15.3 Å². The van der Waals surface area contributed by atoms with Crippen LogP contribution < -0.4 is 5.32 Å². The summed E-state index contributed by atoms with van der Waals surface area (Å²) in [6.07, 6.45) is 3.41. The van der Waals surface area contributed by atoms with Crippen LogP contribution in [0.5, 0.6) is 0 Å². The maximum atomic E-state index is 9.79. The molecule has 0 aromatic heterocycles. The van der Waals surface area contributed by atoms with Crippen LogP contribution in [0.3, 0.4) is 0 Å². The summed E-state index contributed by atoms with van der Waals surface area (Å²) >= 11 is 0. The molecule has 0 amide bonds. The van der Waals surface area contributed by atoms with Crippen LogP contribution in [0.15, 0.2) is 0 Å². The van der Waals surface area contributed by atoms with Crippen molar-refractivity contribution in [1.82, 2.24) is 10.2 Å². The normalized spacial score (nSPS) is 27.9. The molecule has 2 unspecified atom stereocenters. The Balaban J connectivity index is 2.15. The zero-order chi connectivity index (χ0) is 10.6. The Bertz CT molecular complexity index is 171. The van der Waals surface area contributed by atoms with Gasteiger partial charge in [-0.1, -0.05) is 6.92 Å². The van der Waals surface area contributed by atoms with Crippen molar-refractivity contribution in [2.45, 2.75) is 44.8 Å². The van der Waals surface area contributed by atoms with Gasteiger partial charge in [0, 0.05) is 19.1 Å². The minimum absolute atomic E-state index is 0.544. The first-order chi connectivity index (χ1) is 6.55. The van der Waals surface area contributed by atoms with E-state index in [1.807, 2.05) is 13.8 Å². The highest BCUT2D eigenvalue weighted by molar-refractivity contribution is 4.80. The van der Waals surface area contributed by atoms with E-state index in [-0.39, 0.29) is 0 Å². The molecule has 2 N–H and O–H groups in total. The van der Waals surface area contributed by atoms with Crippen LogP contribution in [-0.4, -0.2) is 48.3 Å². The highest BCUT2D eigenvalue weighted by Gasteiger charge is 2.22. The summed E-state index contributed by atoms with van der Waals surface area (Å²) in [5, 5.41) is 13.1. The first-order valence-corrected chi connectivity index (χ1v) is 5.68. The van der Waals surface area contributed by atoms with Gasteiger partial charge in [0.05, 0.1) is 5.60 Å². The molecule has 1 fully saturated rings. The van der Waals surface area contributed by atoms with Crippen LogP contribution in [0.1, 0.15) is 33.1 Å². The smallest absolute Gasteiger partial charge is 0.0741 e. The molecule has 1 heterocycles. The fourth-order valence-corrected chi connectivity index (χ4v) is 1.87. The van der Waals surface area contributed by atoms with Gasteiger partial charge in [-0.2, -0.15) is 0 Å². The summed E-state index contributed by atoms with van der Waals surface area (Å²) in [5.74, 6) is 0. The van der Waals surface area contributed by atoms with Gasteiger partial charge in [0.25, 0.3) is 0 Å².